The number of nitrogens with two attached hydrogens (primary N) is 1. The van der Waals surface area contributed by atoms with Gasteiger partial charge in [-0.2, -0.15) is 0 Å². The van der Waals surface area contributed by atoms with Gasteiger partial charge in [0.1, 0.15) is 0 Å². The zero-order valence-corrected chi connectivity index (χ0v) is 9.91. The van der Waals surface area contributed by atoms with Gasteiger partial charge in [0.2, 0.25) is 0 Å². The Morgan fingerprint density at radius 3 is 2.93 bits per heavy atom. The quantitative estimate of drug-likeness (QED) is 0.723. The highest BCUT2D eigenvalue weighted by Crippen LogP contribution is 2.18. The number of anilines is 1. The van der Waals surface area contributed by atoms with E-state index in [1.165, 1.54) is 0 Å². The van der Waals surface area contributed by atoms with Crippen molar-refractivity contribution in [1.82, 2.24) is 5.32 Å². The number of amides is 1. The summed E-state index contributed by atoms with van der Waals surface area (Å²) < 4.78 is 0.791. The van der Waals surface area contributed by atoms with Crippen LogP contribution in [0.25, 0.3) is 0 Å². The van der Waals surface area contributed by atoms with Crippen molar-refractivity contribution in [1.29, 1.82) is 0 Å². The number of nitrogen functional groups attached to an aromatic ring is 1. The lowest BCUT2D eigenvalue weighted by Gasteiger charge is -2.09. The van der Waals surface area contributed by atoms with Crippen LogP contribution in [0, 0.1) is 0 Å². The largest absolute Gasteiger partial charge is 0.398 e. The van der Waals surface area contributed by atoms with Gasteiger partial charge in [-0.3, -0.25) is 4.79 Å². The molecule has 0 unspecified atom stereocenters. The Hall–Kier alpha value is -1.07. The number of hydrogen-bond acceptors (Lipinski definition) is 3. The molecule has 0 aliphatic rings. The molecule has 0 aliphatic heterocycles. The van der Waals surface area contributed by atoms with E-state index in [2.05, 4.69) is 21.2 Å². The molecule has 1 rings (SSSR count). The third kappa shape index (κ3) is 3.53. The molecule has 5 heteroatoms. The van der Waals surface area contributed by atoms with Crippen LogP contribution in [0.4, 0.5) is 5.69 Å². The van der Waals surface area contributed by atoms with Crippen molar-refractivity contribution in [3.05, 3.63) is 28.2 Å². The predicted molar refractivity (Wildman–Crippen MR) is 62.6 cm³/mol. The van der Waals surface area contributed by atoms with Crippen molar-refractivity contribution >= 4 is 27.5 Å². The van der Waals surface area contributed by atoms with E-state index in [0.717, 1.165) is 4.47 Å². The molecule has 0 radical (unpaired) electrons. The second-order valence-electron chi connectivity index (χ2n) is 3.29. The highest BCUT2D eigenvalue weighted by molar-refractivity contribution is 9.10. The average Bonchev–Trinajstić information content (AvgIpc) is 2.18. The van der Waals surface area contributed by atoms with Crippen LogP contribution in [0.3, 0.4) is 0 Å². The monoisotopic (exact) mass is 272 g/mol. The fraction of sp³-hybridized carbons (Fsp3) is 0.300. The van der Waals surface area contributed by atoms with Crippen LogP contribution >= 0.6 is 15.9 Å². The summed E-state index contributed by atoms with van der Waals surface area (Å²) in [4.78, 5) is 11.6. The minimum Gasteiger partial charge on any atom is -0.398 e. The molecule has 82 valence electrons. The van der Waals surface area contributed by atoms with Crippen molar-refractivity contribution in [2.24, 2.45) is 0 Å². The molecule has 1 atom stereocenters. The minimum atomic E-state index is -0.567. The molecule has 0 bridgehead atoms. The summed E-state index contributed by atoms with van der Waals surface area (Å²) in [6.45, 7) is 1.81. The Balaban J connectivity index is 2.77. The molecule has 15 heavy (non-hydrogen) atoms. The number of hydrogen-bond donors (Lipinski definition) is 3. The Morgan fingerprint density at radius 2 is 2.33 bits per heavy atom. The fourth-order valence-corrected chi connectivity index (χ4v) is 1.42. The molecule has 0 fully saturated rings. The first-order valence-electron chi connectivity index (χ1n) is 4.52. The third-order valence-electron chi connectivity index (χ3n) is 1.82. The number of nitrogens with one attached hydrogen (secondary N) is 1. The lowest BCUT2D eigenvalue weighted by atomic mass is 10.1. The minimum absolute atomic E-state index is 0.213. The van der Waals surface area contributed by atoms with Crippen molar-refractivity contribution in [3.8, 4) is 0 Å². The smallest absolute Gasteiger partial charge is 0.253 e. The summed E-state index contributed by atoms with van der Waals surface area (Å²) in [6.07, 6.45) is -0.567. The van der Waals surface area contributed by atoms with Gasteiger partial charge in [-0.05, 0) is 25.1 Å². The van der Waals surface area contributed by atoms with E-state index >= 15 is 0 Å². The van der Waals surface area contributed by atoms with E-state index in [4.69, 9.17) is 10.8 Å². The zero-order valence-electron chi connectivity index (χ0n) is 8.33. The number of halogens is 1. The van der Waals surface area contributed by atoms with Crippen LogP contribution in [-0.2, 0) is 0 Å². The normalized spacial score (nSPS) is 12.2. The molecule has 4 nitrogen and oxygen atoms in total. The Bertz CT molecular complexity index is 366. The lowest BCUT2D eigenvalue weighted by molar-refractivity contribution is 0.0925. The first-order valence-corrected chi connectivity index (χ1v) is 5.31. The van der Waals surface area contributed by atoms with E-state index in [1.807, 2.05) is 0 Å². The standard InChI is InChI=1S/C10H13BrN2O2/c1-6(14)5-13-10(15)8-4-7(11)2-3-9(8)12/h2-4,6,14H,5,12H2,1H3,(H,13,15)/t6-/m1/s1. The summed E-state index contributed by atoms with van der Waals surface area (Å²) in [5.74, 6) is -0.283. The fourth-order valence-electron chi connectivity index (χ4n) is 1.06. The van der Waals surface area contributed by atoms with Crippen molar-refractivity contribution in [2.45, 2.75) is 13.0 Å². The van der Waals surface area contributed by atoms with E-state index in [0.29, 0.717) is 11.3 Å². The van der Waals surface area contributed by atoms with E-state index in [9.17, 15) is 4.79 Å². The third-order valence-corrected chi connectivity index (χ3v) is 2.31. The number of rotatable bonds is 3. The number of benzene rings is 1. The van der Waals surface area contributed by atoms with Gasteiger partial charge < -0.3 is 16.2 Å². The molecule has 1 amide bonds. The molecule has 0 spiro atoms. The van der Waals surface area contributed by atoms with Crippen LogP contribution in [-0.4, -0.2) is 23.7 Å². The molecule has 0 saturated carbocycles. The number of carbonyl (C=O) groups is 1. The van der Waals surface area contributed by atoms with Crippen LogP contribution in [0.5, 0.6) is 0 Å². The molecule has 1 aromatic carbocycles. The van der Waals surface area contributed by atoms with Gasteiger partial charge >= 0.3 is 0 Å². The maximum Gasteiger partial charge on any atom is 0.253 e. The number of aliphatic hydroxyl groups is 1. The predicted octanol–water partition coefficient (Wildman–Crippen LogP) is 1.14. The number of aliphatic hydroxyl groups excluding tert-OH is 1. The molecule has 0 aromatic heterocycles. The van der Waals surface area contributed by atoms with E-state index in [1.54, 1.807) is 25.1 Å². The average molecular weight is 273 g/mol. The Morgan fingerprint density at radius 1 is 1.67 bits per heavy atom. The zero-order chi connectivity index (χ0) is 11.4. The lowest BCUT2D eigenvalue weighted by Crippen LogP contribution is -2.31. The van der Waals surface area contributed by atoms with Crippen molar-refractivity contribution < 1.29 is 9.90 Å². The highest BCUT2D eigenvalue weighted by Gasteiger charge is 2.10. The second-order valence-corrected chi connectivity index (χ2v) is 4.21. The van der Waals surface area contributed by atoms with Gasteiger partial charge in [0.15, 0.2) is 0 Å². The molecule has 0 aliphatic carbocycles. The van der Waals surface area contributed by atoms with Crippen LogP contribution in [0.2, 0.25) is 0 Å². The molecular weight excluding hydrogens is 260 g/mol. The Kier molecular flexibility index (Phi) is 4.11. The molecule has 0 heterocycles. The summed E-state index contributed by atoms with van der Waals surface area (Å²) in [5, 5.41) is 11.6. The van der Waals surface area contributed by atoms with Gasteiger partial charge in [0.05, 0.1) is 11.7 Å². The molecule has 0 saturated heterocycles. The summed E-state index contributed by atoms with van der Waals surface area (Å²) >= 11 is 3.26. The SMILES string of the molecule is C[C@@H](O)CNC(=O)c1cc(Br)ccc1N. The van der Waals surface area contributed by atoms with Crippen LogP contribution in [0.1, 0.15) is 17.3 Å². The topological polar surface area (TPSA) is 75.3 Å². The van der Waals surface area contributed by atoms with Crippen molar-refractivity contribution in [2.75, 3.05) is 12.3 Å². The van der Waals surface area contributed by atoms with Gasteiger partial charge in [0, 0.05) is 16.7 Å². The molecular formula is C10H13BrN2O2. The van der Waals surface area contributed by atoms with Crippen LogP contribution < -0.4 is 11.1 Å². The summed E-state index contributed by atoms with van der Waals surface area (Å²) in [6, 6.07) is 5.06. The van der Waals surface area contributed by atoms with Gasteiger partial charge in [-0.25, -0.2) is 0 Å². The van der Waals surface area contributed by atoms with Gasteiger partial charge in [-0.1, -0.05) is 15.9 Å². The van der Waals surface area contributed by atoms with Gasteiger partial charge in [0.25, 0.3) is 5.91 Å². The van der Waals surface area contributed by atoms with E-state index < -0.39 is 6.10 Å². The first-order chi connectivity index (χ1) is 7.00. The highest BCUT2D eigenvalue weighted by atomic mass is 79.9. The maximum atomic E-state index is 11.6. The maximum absolute atomic E-state index is 11.6. The van der Waals surface area contributed by atoms with Crippen molar-refractivity contribution in [3.63, 3.8) is 0 Å². The number of carbonyl (C=O) groups excluding carboxylic acids is 1. The van der Waals surface area contributed by atoms with Crippen LogP contribution in [0.15, 0.2) is 22.7 Å². The van der Waals surface area contributed by atoms with E-state index in [-0.39, 0.29) is 12.5 Å². The Labute approximate surface area is 96.6 Å². The summed E-state index contributed by atoms with van der Waals surface area (Å²) in [5.41, 5.74) is 6.48. The second kappa shape index (κ2) is 5.14. The first kappa shape index (κ1) is 12.0. The molecule has 4 N–H and O–H groups in total. The molecule has 1 aromatic rings. The van der Waals surface area contributed by atoms with Gasteiger partial charge in [-0.15, -0.1) is 0 Å². The summed E-state index contributed by atoms with van der Waals surface area (Å²) in [7, 11) is 0.